The summed E-state index contributed by atoms with van der Waals surface area (Å²) in [6.07, 6.45) is 0.910. The Bertz CT molecular complexity index is 782. The van der Waals surface area contributed by atoms with Gasteiger partial charge in [-0.1, -0.05) is 23.7 Å². The smallest absolute Gasteiger partial charge is 0.260 e. The van der Waals surface area contributed by atoms with Gasteiger partial charge in [0.15, 0.2) is 6.61 Å². The Morgan fingerprint density at radius 3 is 2.63 bits per heavy atom. The standard InChI is InChI=1S/C21H24ClFN2O2/c1-16-13-19(7-8-20(16)22)27-15-21(26)25-10-2-9-24(11-12-25)14-17-3-5-18(23)6-4-17/h3-8,13H,2,9-12,14-15H2,1H3. The first kappa shape index (κ1) is 19.6. The Morgan fingerprint density at radius 1 is 1.11 bits per heavy atom. The number of hydrogen-bond donors (Lipinski definition) is 0. The summed E-state index contributed by atoms with van der Waals surface area (Å²) in [5.74, 6) is 0.423. The predicted octanol–water partition coefficient (Wildman–Crippen LogP) is 3.90. The maximum absolute atomic E-state index is 13.0. The molecule has 0 unspecified atom stereocenters. The van der Waals surface area contributed by atoms with Gasteiger partial charge in [0.2, 0.25) is 0 Å². The van der Waals surface area contributed by atoms with Gasteiger partial charge in [0, 0.05) is 37.7 Å². The van der Waals surface area contributed by atoms with E-state index in [1.807, 2.05) is 30.0 Å². The Balaban J connectivity index is 1.48. The molecule has 1 saturated heterocycles. The number of rotatable bonds is 5. The summed E-state index contributed by atoms with van der Waals surface area (Å²) in [6, 6.07) is 12.0. The minimum atomic E-state index is -0.220. The fourth-order valence-corrected chi connectivity index (χ4v) is 3.29. The number of hydrogen-bond acceptors (Lipinski definition) is 3. The molecule has 0 spiro atoms. The van der Waals surface area contributed by atoms with Crippen molar-refractivity contribution in [1.82, 2.24) is 9.80 Å². The molecule has 2 aromatic rings. The van der Waals surface area contributed by atoms with Crippen LogP contribution in [0, 0.1) is 12.7 Å². The summed E-state index contributed by atoms with van der Waals surface area (Å²) in [6.45, 7) is 5.80. The zero-order chi connectivity index (χ0) is 19.2. The lowest BCUT2D eigenvalue weighted by molar-refractivity contribution is -0.133. The summed E-state index contributed by atoms with van der Waals surface area (Å²) >= 11 is 6.01. The van der Waals surface area contributed by atoms with Gasteiger partial charge >= 0.3 is 0 Å². The highest BCUT2D eigenvalue weighted by Crippen LogP contribution is 2.21. The SMILES string of the molecule is Cc1cc(OCC(=O)N2CCCN(Cc3ccc(F)cc3)CC2)ccc1Cl. The Labute approximate surface area is 164 Å². The topological polar surface area (TPSA) is 32.8 Å². The zero-order valence-electron chi connectivity index (χ0n) is 15.5. The van der Waals surface area contributed by atoms with Crippen molar-refractivity contribution >= 4 is 17.5 Å². The van der Waals surface area contributed by atoms with Crippen molar-refractivity contribution in [3.63, 3.8) is 0 Å². The van der Waals surface area contributed by atoms with Gasteiger partial charge in [-0.25, -0.2) is 4.39 Å². The Kier molecular flexibility index (Phi) is 6.69. The van der Waals surface area contributed by atoms with E-state index in [4.69, 9.17) is 16.3 Å². The normalized spacial score (nSPS) is 15.4. The quantitative estimate of drug-likeness (QED) is 0.776. The first-order chi connectivity index (χ1) is 13.0. The van der Waals surface area contributed by atoms with Crippen LogP contribution >= 0.6 is 11.6 Å². The molecule has 6 heteroatoms. The van der Waals surface area contributed by atoms with Gasteiger partial charge in [-0.2, -0.15) is 0 Å². The highest BCUT2D eigenvalue weighted by molar-refractivity contribution is 6.31. The lowest BCUT2D eigenvalue weighted by Gasteiger charge is -2.22. The van der Waals surface area contributed by atoms with E-state index in [1.54, 1.807) is 12.1 Å². The van der Waals surface area contributed by atoms with Crippen molar-refractivity contribution in [2.24, 2.45) is 0 Å². The van der Waals surface area contributed by atoms with E-state index in [1.165, 1.54) is 12.1 Å². The van der Waals surface area contributed by atoms with E-state index in [-0.39, 0.29) is 18.3 Å². The van der Waals surface area contributed by atoms with E-state index in [0.29, 0.717) is 17.3 Å². The molecule has 1 aliphatic heterocycles. The van der Waals surface area contributed by atoms with Gasteiger partial charge in [0.25, 0.3) is 5.91 Å². The Morgan fingerprint density at radius 2 is 1.89 bits per heavy atom. The van der Waals surface area contributed by atoms with Gasteiger partial charge < -0.3 is 9.64 Å². The average Bonchev–Trinajstić information content (AvgIpc) is 2.90. The maximum Gasteiger partial charge on any atom is 0.260 e. The molecule has 0 radical (unpaired) electrons. The highest BCUT2D eigenvalue weighted by atomic mass is 35.5. The molecule has 0 aromatic heterocycles. The number of ether oxygens (including phenoxy) is 1. The second-order valence-corrected chi connectivity index (χ2v) is 7.24. The molecule has 0 saturated carbocycles. The summed E-state index contributed by atoms with van der Waals surface area (Å²) in [7, 11) is 0. The molecule has 4 nitrogen and oxygen atoms in total. The summed E-state index contributed by atoms with van der Waals surface area (Å²) < 4.78 is 18.7. The van der Waals surface area contributed by atoms with Crippen molar-refractivity contribution in [1.29, 1.82) is 0 Å². The fraction of sp³-hybridized carbons (Fsp3) is 0.381. The van der Waals surface area contributed by atoms with Crippen LogP contribution in [0.4, 0.5) is 4.39 Å². The molecule has 1 amide bonds. The predicted molar refractivity (Wildman–Crippen MR) is 105 cm³/mol. The number of carbonyl (C=O) groups is 1. The number of amides is 1. The second-order valence-electron chi connectivity index (χ2n) is 6.84. The van der Waals surface area contributed by atoms with Crippen LogP contribution in [0.3, 0.4) is 0 Å². The number of nitrogens with zero attached hydrogens (tertiary/aromatic N) is 2. The zero-order valence-corrected chi connectivity index (χ0v) is 16.2. The highest BCUT2D eigenvalue weighted by Gasteiger charge is 2.19. The largest absolute Gasteiger partial charge is 0.484 e. The summed E-state index contributed by atoms with van der Waals surface area (Å²) in [5.41, 5.74) is 2.01. The van der Waals surface area contributed by atoms with Crippen LogP contribution in [0.1, 0.15) is 17.5 Å². The third kappa shape index (κ3) is 5.68. The van der Waals surface area contributed by atoms with Crippen LogP contribution in [-0.2, 0) is 11.3 Å². The number of aryl methyl sites for hydroxylation is 1. The average molecular weight is 391 g/mol. The van der Waals surface area contributed by atoms with Gasteiger partial charge in [0.05, 0.1) is 0 Å². The van der Waals surface area contributed by atoms with Crippen molar-refractivity contribution in [2.75, 3.05) is 32.8 Å². The molecule has 1 heterocycles. The number of halogens is 2. The van der Waals surface area contributed by atoms with Crippen LogP contribution in [0.5, 0.6) is 5.75 Å². The summed E-state index contributed by atoms with van der Waals surface area (Å²) in [4.78, 5) is 16.6. The molecule has 0 N–H and O–H groups in total. The third-order valence-electron chi connectivity index (χ3n) is 4.75. The minimum Gasteiger partial charge on any atom is -0.484 e. The molecule has 0 atom stereocenters. The van der Waals surface area contributed by atoms with E-state index in [2.05, 4.69) is 4.90 Å². The summed E-state index contributed by atoms with van der Waals surface area (Å²) in [5, 5.41) is 0.683. The number of carbonyl (C=O) groups excluding carboxylic acids is 1. The van der Waals surface area contributed by atoms with E-state index >= 15 is 0 Å². The van der Waals surface area contributed by atoms with Crippen LogP contribution < -0.4 is 4.74 Å². The van der Waals surface area contributed by atoms with Crippen molar-refractivity contribution in [3.8, 4) is 5.75 Å². The first-order valence-electron chi connectivity index (χ1n) is 9.15. The lowest BCUT2D eigenvalue weighted by Crippen LogP contribution is -2.38. The van der Waals surface area contributed by atoms with Crippen molar-refractivity contribution < 1.29 is 13.9 Å². The molecule has 144 valence electrons. The molecular formula is C21H24ClFN2O2. The number of benzene rings is 2. The molecule has 1 aliphatic rings. The van der Waals surface area contributed by atoms with Gasteiger partial charge in [-0.05, 0) is 54.8 Å². The van der Waals surface area contributed by atoms with Gasteiger partial charge in [-0.15, -0.1) is 0 Å². The molecule has 0 bridgehead atoms. The first-order valence-corrected chi connectivity index (χ1v) is 9.52. The van der Waals surface area contributed by atoms with Gasteiger partial charge in [-0.3, -0.25) is 9.69 Å². The second kappa shape index (κ2) is 9.20. The van der Waals surface area contributed by atoms with Crippen molar-refractivity contribution in [2.45, 2.75) is 19.9 Å². The fourth-order valence-electron chi connectivity index (χ4n) is 3.17. The van der Waals surface area contributed by atoms with Crippen molar-refractivity contribution in [3.05, 3.63) is 64.4 Å². The molecule has 27 heavy (non-hydrogen) atoms. The molecule has 0 aliphatic carbocycles. The Hall–Kier alpha value is -2.11. The van der Waals surface area contributed by atoms with E-state index < -0.39 is 0 Å². The van der Waals surface area contributed by atoms with Crippen LogP contribution in [0.2, 0.25) is 5.02 Å². The minimum absolute atomic E-state index is 0.00812. The monoisotopic (exact) mass is 390 g/mol. The van der Waals surface area contributed by atoms with Gasteiger partial charge in [0.1, 0.15) is 11.6 Å². The van der Waals surface area contributed by atoms with Crippen LogP contribution in [0.15, 0.2) is 42.5 Å². The molecular weight excluding hydrogens is 367 g/mol. The van der Waals surface area contributed by atoms with Crippen LogP contribution in [-0.4, -0.2) is 48.5 Å². The molecule has 3 rings (SSSR count). The van der Waals surface area contributed by atoms with Crippen LogP contribution in [0.25, 0.3) is 0 Å². The van der Waals surface area contributed by atoms with E-state index in [0.717, 1.165) is 43.7 Å². The molecule has 1 fully saturated rings. The lowest BCUT2D eigenvalue weighted by atomic mass is 10.2. The third-order valence-corrected chi connectivity index (χ3v) is 5.18. The maximum atomic E-state index is 13.0. The van der Waals surface area contributed by atoms with E-state index in [9.17, 15) is 9.18 Å². The molecule has 2 aromatic carbocycles.